The van der Waals surface area contributed by atoms with E-state index in [0.717, 1.165) is 6.07 Å². The molecular weight excluding hydrogens is 553 g/mol. The van der Waals surface area contributed by atoms with Crippen LogP contribution in [-0.2, 0) is 10.1 Å². The molecular formula is C26H21Cl2N3O6S. The molecule has 0 radical (unpaired) electrons. The van der Waals surface area contributed by atoms with Gasteiger partial charge < -0.3 is 15.2 Å². The summed E-state index contributed by atoms with van der Waals surface area (Å²) in [5, 5.41) is 23.5. The van der Waals surface area contributed by atoms with Crippen LogP contribution in [0.4, 0.5) is 17.1 Å². The van der Waals surface area contributed by atoms with Gasteiger partial charge in [-0.3, -0.25) is 9.35 Å². The van der Waals surface area contributed by atoms with Crippen molar-refractivity contribution in [2.45, 2.75) is 18.7 Å². The van der Waals surface area contributed by atoms with E-state index in [1.807, 2.05) is 0 Å². The molecule has 1 amide bonds. The molecule has 0 aliphatic carbocycles. The molecule has 4 rings (SSSR count). The molecule has 0 unspecified atom stereocenters. The van der Waals surface area contributed by atoms with Gasteiger partial charge in [-0.15, -0.1) is 10.2 Å². The van der Waals surface area contributed by atoms with Crippen LogP contribution in [0.15, 0.2) is 75.8 Å². The molecule has 12 heteroatoms. The van der Waals surface area contributed by atoms with Crippen molar-refractivity contribution in [3.8, 4) is 11.5 Å². The highest BCUT2D eigenvalue weighted by molar-refractivity contribution is 7.86. The molecule has 9 nitrogen and oxygen atoms in total. The van der Waals surface area contributed by atoms with Crippen molar-refractivity contribution in [3.05, 3.63) is 81.8 Å². The highest BCUT2D eigenvalue weighted by atomic mass is 35.5. The highest BCUT2D eigenvalue weighted by Crippen LogP contribution is 2.41. The molecule has 4 aromatic rings. The van der Waals surface area contributed by atoms with Gasteiger partial charge in [-0.1, -0.05) is 47.5 Å². The summed E-state index contributed by atoms with van der Waals surface area (Å²) in [4.78, 5) is 12.7. The van der Waals surface area contributed by atoms with Crippen molar-refractivity contribution in [2.75, 3.05) is 11.9 Å². The second-order valence-electron chi connectivity index (χ2n) is 8.11. The Morgan fingerprint density at radius 3 is 2.42 bits per heavy atom. The maximum atomic E-state index is 13.3. The molecule has 38 heavy (non-hydrogen) atoms. The number of carbonyl (C=O) groups is 1. The van der Waals surface area contributed by atoms with Crippen molar-refractivity contribution >= 4 is 67.1 Å². The van der Waals surface area contributed by atoms with Gasteiger partial charge in [0.25, 0.3) is 16.0 Å². The summed E-state index contributed by atoms with van der Waals surface area (Å²) in [6.07, 6.45) is 0. The zero-order valence-electron chi connectivity index (χ0n) is 20.1. The number of benzene rings is 4. The van der Waals surface area contributed by atoms with Crippen molar-refractivity contribution < 1.29 is 27.6 Å². The molecule has 0 aromatic heterocycles. The molecule has 0 saturated carbocycles. The zero-order chi connectivity index (χ0) is 27.6. The number of nitrogens with one attached hydrogen (secondary N) is 1. The molecule has 0 spiro atoms. The first-order chi connectivity index (χ1) is 18.0. The Morgan fingerprint density at radius 1 is 1.00 bits per heavy atom. The number of phenolic OH excluding ortho intramolecular Hbond substituents is 1. The molecule has 0 heterocycles. The number of azo groups is 1. The Labute approximate surface area is 228 Å². The van der Waals surface area contributed by atoms with E-state index in [-0.39, 0.29) is 22.0 Å². The number of hydrogen-bond acceptors (Lipinski definition) is 7. The Balaban J connectivity index is 1.84. The summed E-state index contributed by atoms with van der Waals surface area (Å²) in [6.45, 7) is 3.66. The van der Waals surface area contributed by atoms with Gasteiger partial charge in [-0.2, -0.15) is 8.42 Å². The molecule has 0 bridgehead atoms. The molecule has 0 saturated heterocycles. The molecule has 0 aliphatic rings. The van der Waals surface area contributed by atoms with Gasteiger partial charge in [0, 0.05) is 21.5 Å². The van der Waals surface area contributed by atoms with Gasteiger partial charge in [0.15, 0.2) is 5.75 Å². The summed E-state index contributed by atoms with van der Waals surface area (Å²) in [5.74, 6) is -0.796. The topological polar surface area (TPSA) is 138 Å². The average molecular weight is 574 g/mol. The van der Waals surface area contributed by atoms with Crippen LogP contribution in [0.2, 0.25) is 10.0 Å². The van der Waals surface area contributed by atoms with Gasteiger partial charge in [0.2, 0.25) is 0 Å². The highest BCUT2D eigenvalue weighted by Gasteiger charge is 2.22. The first-order valence-corrected chi connectivity index (χ1v) is 13.4. The zero-order valence-corrected chi connectivity index (χ0v) is 22.4. The number of rotatable bonds is 7. The fourth-order valence-electron chi connectivity index (χ4n) is 3.79. The lowest BCUT2D eigenvalue weighted by Gasteiger charge is -2.14. The lowest BCUT2D eigenvalue weighted by Crippen LogP contribution is -2.13. The van der Waals surface area contributed by atoms with Crippen molar-refractivity contribution in [1.29, 1.82) is 0 Å². The first-order valence-electron chi connectivity index (χ1n) is 11.2. The van der Waals surface area contributed by atoms with Crippen molar-refractivity contribution in [1.82, 2.24) is 0 Å². The predicted octanol–water partition coefficient (Wildman–Crippen LogP) is 7.47. The van der Waals surface area contributed by atoms with E-state index in [2.05, 4.69) is 15.5 Å². The average Bonchev–Trinajstić information content (AvgIpc) is 2.85. The maximum Gasteiger partial charge on any atom is 0.296 e. The monoisotopic (exact) mass is 573 g/mol. The van der Waals surface area contributed by atoms with Gasteiger partial charge in [0.1, 0.15) is 22.0 Å². The minimum atomic E-state index is -4.69. The third-order valence-electron chi connectivity index (χ3n) is 5.49. The van der Waals surface area contributed by atoms with Crippen LogP contribution in [0.5, 0.6) is 11.5 Å². The Morgan fingerprint density at radius 2 is 1.71 bits per heavy atom. The van der Waals surface area contributed by atoms with Crippen LogP contribution in [0.1, 0.15) is 22.8 Å². The normalized spacial score (nSPS) is 11.7. The summed E-state index contributed by atoms with van der Waals surface area (Å²) in [5.41, 5.74) is 0.296. The molecule has 0 atom stereocenters. The number of amides is 1. The number of aryl methyl sites for hydroxylation is 1. The van der Waals surface area contributed by atoms with Crippen LogP contribution in [0.3, 0.4) is 0 Å². The van der Waals surface area contributed by atoms with Crippen LogP contribution in [-0.4, -0.2) is 30.6 Å². The van der Waals surface area contributed by atoms with Crippen molar-refractivity contribution in [2.24, 2.45) is 10.2 Å². The first kappa shape index (κ1) is 27.3. The van der Waals surface area contributed by atoms with Crippen molar-refractivity contribution in [3.63, 3.8) is 0 Å². The minimum absolute atomic E-state index is 0.0784. The number of nitrogens with zero attached hydrogens (tertiary/aromatic N) is 2. The van der Waals surface area contributed by atoms with E-state index in [1.54, 1.807) is 56.3 Å². The number of phenols is 1. The lowest BCUT2D eigenvalue weighted by molar-refractivity contribution is 0.102. The number of halogens is 2. The van der Waals surface area contributed by atoms with E-state index in [9.17, 15) is 22.9 Å². The Hall–Kier alpha value is -3.70. The largest absolute Gasteiger partial charge is 0.505 e. The quantitative estimate of drug-likeness (QED) is 0.155. The second kappa shape index (κ2) is 11.0. The molecule has 0 aliphatic heterocycles. The SMILES string of the molecule is CCOc1cc(Cl)ccc1NC(=O)c1cc2ccccc2c(N=Nc2c(C)cc(Cl)cc2S(=O)(=O)O)c1O. The molecule has 4 aromatic carbocycles. The minimum Gasteiger partial charge on any atom is -0.505 e. The summed E-state index contributed by atoms with van der Waals surface area (Å²) in [7, 11) is -4.69. The fraction of sp³-hybridized carbons (Fsp3) is 0.115. The van der Waals surface area contributed by atoms with Crippen LogP contribution in [0.25, 0.3) is 10.8 Å². The van der Waals surface area contributed by atoms with E-state index >= 15 is 0 Å². The van der Waals surface area contributed by atoms with Gasteiger partial charge >= 0.3 is 0 Å². The third-order valence-corrected chi connectivity index (χ3v) is 6.81. The number of fused-ring (bicyclic) bond motifs is 1. The Bertz CT molecular complexity index is 1710. The van der Waals surface area contributed by atoms with Crippen LogP contribution < -0.4 is 10.1 Å². The maximum absolute atomic E-state index is 13.3. The van der Waals surface area contributed by atoms with E-state index < -0.39 is 26.7 Å². The smallest absolute Gasteiger partial charge is 0.296 e. The summed E-state index contributed by atoms with van der Waals surface area (Å²) in [6, 6.07) is 15.5. The molecule has 3 N–H and O–H groups in total. The number of carbonyl (C=O) groups excluding carboxylic acids is 1. The standard InChI is InChI=1S/C26H21Cl2N3O6S/c1-3-37-21-12-16(27)8-9-20(21)29-26(33)19-11-15-6-4-5-7-18(15)24(25(19)32)31-30-23-14(2)10-17(28)13-22(23)38(34,35)36/h4-13,32H,3H2,1-2H3,(H,29,33)(H,34,35,36). The molecule has 196 valence electrons. The van der Waals surface area contributed by atoms with E-state index in [0.29, 0.717) is 39.4 Å². The fourth-order valence-corrected chi connectivity index (χ4v) is 5.01. The third kappa shape index (κ3) is 5.73. The molecule has 0 fully saturated rings. The van der Waals surface area contributed by atoms with Gasteiger partial charge in [-0.25, -0.2) is 0 Å². The van der Waals surface area contributed by atoms with Crippen LogP contribution >= 0.6 is 23.2 Å². The lowest BCUT2D eigenvalue weighted by atomic mass is 10.0. The Kier molecular flexibility index (Phi) is 7.89. The second-order valence-corrected chi connectivity index (χ2v) is 10.4. The number of ether oxygens (including phenoxy) is 1. The van der Waals surface area contributed by atoms with Crippen LogP contribution in [0, 0.1) is 6.92 Å². The predicted molar refractivity (Wildman–Crippen MR) is 146 cm³/mol. The van der Waals surface area contributed by atoms with E-state index in [1.165, 1.54) is 12.1 Å². The number of anilines is 1. The summed E-state index contributed by atoms with van der Waals surface area (Å²) < 4.78 is 39.1. The number of aromatic hydroxyl groups is 1. The van der Waals surface area contributed by atoms with Gasteiger partial charge in [-0.05, 0) is 55.1 Å². The van der Waals surface area contributed by atoms with Gasteiger partial charge in [0.05, 0.1) is 17.9 Å². The summed E-state index contributed by atoms with van der Waals surface area (Å²) >= 11 is 12.0. The van der Waals surface area contributed by atoms with E-state index in [4.69, 9.17) is 27.9 Å². The number of hydrogen-bond donors (Lipinski definition) is 3.